The lowest BCUT2D eigenvalue weighted by Gasteiger charge is -2.12. The molecule has 0 amide bonds. The van der Waals surface area contributed by atoms with Crippen LogP contribution < -0.4 is 10.0 Å². The third kappa shape index (κ3) is 5.48. The standard InChI is InChI=1S/C14H24N2O3S/c1-3-9-16-20(18,19)14-6-4-13(5-7-14)15-11-12(2)8-10-17/h4-7,12,15-17H,3,8-11H2,1-2H3. The summed E-state index contributed by atoms with van der Waals surface area (Å²) in [5.74, 6) is 0.370. The zero-order valence-corrected chi connectivity index (χ0v) is 12.9. The second-order valence-corrected chi connectivity index (χ2v) is 6.69. The van der Waals surface area contributed by atoms with Crippen LogP contribution in [-0.2, 0) is 10.0 Å². The van der Waals surface area contributed by atoms with Crippen molar-refractivity contribution in [3.05, 3.63) is 24.3 Å². The molecule has 3 N–H and O–H groups in total. The Bertz CT molecular complexity index is 486. The van der Waals surface area contributed by atoms with Crippen LogP contribution in [0, 0.1) is 5.92 Å². The van der Waals surface area contributed by atoms with Crippen LogP contribution in [0.4, 0.5) is 5.69 Å². The molecule has 0 aliphatic rings. The largest absolute Gasteiger partial charge is 0.396 e. The Morgan fingerprint density at radius 2 is 1.90 bits per heavy atom. The van der Waals surface area contributed by atoms with E-state index in [9.17, 15) is 8.42 Å². The smallest absolute Gasteiger partial charge is 0.240 e. The first-order chi connectivity index (χ1) is 9.49. The van der Waals surface area contributed by atoms with E-state index in [1.807, 2.05) is 6.92 Å². The zero-order valence-electron chi connectivity index (χ0n) is 12.1. The second kappa shape index (κ2) is 8.24. The second-order valence-electron chi connectivity index (χ2n) is 4.92. The number of sulfonamides is 1. The number of aliphatic hydroxyl groups is 1. The van der Waals surface area contributed by atoms with E-state index in [0.717, 1.165) is 25.1 Å². The average molecular weight is 300 g/mol. The van der Waals surface area contributed by atoms with Gasteiger partial charge >= 0.3 is 0 Å². The fourth-order valence-electron chi connectivity index (χ4n) is 1.69. The molecule has 5 nitrogen and oxygen atoms in total. The van der Waals surface area contributed by atoms with E-state index in [1.165, 1.54) is 0 Å². The monoisotopic (exact) mass is 300 g/mol. The lowest BCUT2D eigenvalue weighted by atomic mass is 10.1. The van der Waals surface area contributed by atoms with E-state index >= 15 is 0 Å². The minimum Gasteiger partial charge on any atom is -0.396 e. The Balaban J connectivity index is 2.60. The summed E-state index contributed by atoms with van der Waals surface area (Å²) in [6.07, 6.45) is 1.52. The van der Waals surface area contributed by atoms with E-state index < -0.39 is 10.0 Å². The molecule has 1 aromatic carbocycles. The van der Waals surface area contributed by atoms with Gasteiger partial charge in [-0.2, -0.15) is 0 Å². The number of rotatable bonds is 9. The number of aliphatic hydroxyl groups excluding tert-OH is 1. The van der Waals surface area contributed by atoms with Gasteiger partial charge in [0.2, 0.25) is 10.0 Å². The predicted molar refractivity (Wildman–Crippen MR) is 81.3 cm³/mol. The number of hydrogen-bond acceptors (Lipinski definition) is 4. The van der Waals surface area contributed by atoms with Crippen LogP contribution in [0.1, 0.15) is 26.7 Å². The normalized spacial score (nSPS) is 13.2. The van der Waals surface area contributed by atoms with Crippen LogP contribution in [0.2, 0.25) is 0 Å². The Morgan fingerprint density at radius 1 is 1.25 bits per heavy atom. The number of hydrogen-bond donors (Lipinski definition) is 3. The highest BCUT2D eigenvalue weighted by Gasteiger charge is 2.12. The molecule has 0 heterocycles. The molecule has 0 bridgehead atoms. The third-order valence-electron chi connectivity index (χ3n) is 2.98. The van der Waals surface area contributed by atoms with Crippen molar-refractivity contribution >= 4 is 15.7 Å². The highest BCUT2D eigenvalue weighted by molar-refractivity contribution is 7.89. The van der Waals surface area contributed by atoms with Crippen molar-refractivity contribution in [3.8, 4) is 0 Å². The van der Waals surface area contributed by atoms with Crippen molar-refractivity contribution in [1.82, 2.24) is 4.72 Å². The molecule has 0 spiro atoms. The summed E-state index contributed by atoms with van der Waals surface area (Å²) in [6, 6.07) is 6.70. The van der Waals surface area contributed by atoms with Gasteiger partial charge in [-0.15, -0.1) is 0 Å². The average Bonchev–Trinajstić information content (AvgIpc) is 2.44. The zero-order chi connectivity index (χ0) is 15.0. The van der Waals surface area contributed by atoms with E-state index in [1.54, 1.807) is 24.3 Å². The number of anilines is 1. The molecule has 20 heavy (non-hydrogen) atoms. The van der Waals surface area contributed by atoms with E-state index in [2.05, 4.69) is 17.0 Å². The van der Waals surface area contributed by atoms with E-state index in [0.29, 0.717) is 12.5 Å². The van der Waals surface area contributed by atoms with Gasteiger partial charge in [-0.25, -0.2) is 13.1 Å². The van der Waals surface area contributed by atoms with Gasteiger partial charge in [0, 0.05) is 25.4 Å². The molecule has 1 rings (SSSR count). The first-order valence-corrected chi connectivity index (χ1v) is 8.42. The van der Waals surface area contributed by atoms with Crippen LogP contribution in [-0.4, -0.2) is 33.2 Å². The van der Waals surface area contributed by atoms with E-state index in [-0.39, 0.29) is 11.5 Å². The maximum absolute atomic E-state index is 11.9. The van der Waals surface area contributed by atoms with Crippen molar-refractivity contribution in [2.45, 2.75) is 31.6 Å². The molecule has 0 aliphatic carbocycles. The van der Waals surface area contributed by atoms with Crippen LogP contribution in [0.3, 0.4) is 0 Å². The van der Waals surface area contributed by atoms with Crippen molar-refractivity contribution in [3.63, 3.8) is 0 Å². The summed E-state index contributed by atoms with van der Waals surface area (Å²) >= 11 is 0. The number of benzene rings is 1. The molecule has 0 saturated heterocycles. The lowest BCUT2D eigenvalue weighted by molar-refractivity contribution is 0.266. The van der Waals surface area contributed by atoms with Gasteiger partial charge in [0.1, 0.15) is 0 Å². The SMILES string of the molecule is CCCNS(=O)(=O)c1ccc(NCC(C)CCO)cc1. The molecule has 1 atom stereocenters. The third-order valence-corrected chi connectivity index (χ3v) is 4.46. The molecule has 0 aliphatic heterocycles. The maximum Gasteiger partial charge on any atom is 0.240 e. The summed E-state index contributed by atoms with van der Waals surface area (Å²) in [4.78, 5) is 0.278. The molecule has 6 heteroatoms. The molecule has 0 radical (unpaired) electrons. The topological polar surface area (TPSA) is 78.4 Å². The minimum atomic E-state index is -3.39. The Labute approximate surface area is 121 Å². The summed E-state index contributed by atoms with van der Waals surface area (Å²) in [6.45, 7) is 5.35. The molecule has 0 aromatic heterocycles. The quantitative estimate of drug-likeness (QED) is 0.650. The first kappa shape index (κ1) is 16.9. The fraction of sp³-hybridized carbons (Fsp3) is 0.571. The van der Waals surface area contributed by atoms with Gasteiger partial charge in [-0.3, -0.25) is 0 Å². The molecule has 1 aromatic rings. The fourth-order valence-corrected chi connectivity index (χ4v) is 2.82. The molecule has 0 fully saturated rings. The van der Waals surface area contributed by atoms with Crippen molar-refractivity contribution in [1.29, 1.82) is 0 Å². The summed E-state index contributed by atoms with van der Waals surface area (Å²) in [5, 5.41) is 12.1. The molecule has 0 saturated carbocycles. The molecule has 1 unspecified atom stereocenters. The van der Waals surface area contributed by atoms with Gasteiger partial charge in [0.05, 0.1) is 4.90 Å². The van der Waals surface area contributed by atoms with Crippen LogP contribution >= 0.6 is 0 Å². The highest BCUT2D eigenvalue weighted by atomic mass is 32.2. The van der Waals surface area contributed by atoms with Gasteiger partial charge in [-0.05, 0) is 43.0 Å². The Morgan fingerprint density at radius 3 is 2.45 bits per heavy atom. The molecular weight excluding hydrogens is 276 g/mol. The summed E-state index contributed by atoms with van der Waals surface area (Å²) in [5.41, 5.74) is 0.879. The van der Waals surface area contributed by atoms with Crippen LogP contribution in [0.15, 0.2) is 29.2 Å². The van der Waals surface area contributed by atoms with Gasteiger partial charge in [-0.1, -0.05) is 13.8 Å². The predicted octanol–water partition coefficient (Wildman–Crippen LogP) is 1.81. The van der Waals surface area contributed by atoms with Crippen molar-refractivity contribution in [2.75, 3.05) is 25.0 Å². The Kier molecular flexibility index (Phi) is 6.98. The van der Waals surface area contributed by atoms with Gasteiger partial charge < -0.3 is 10.4 Å². The van der Waals surface area contributed by atoms with Crippen LogP contribution in [0.5, 0.6) is 0 Å². The molecular formula is C14H24N2O3S. The number of nitrogens with one attached hydrogen (secondary N) is 2. The first-order valence-electron chi connectivity index (χ1n) is 6.94. The van der Waals surface area contributed by atoms with Gasteiger partial charge in [0.15, 0.2) is 0 Å². The van der Waals surface area contributed by atoms with Gasteiger partial charge in [0.25, 0.3) is 0 Å². The van der Waals surface area contributed by atoms with Crippen molar-refractivity contribution in [2.24, 2.45) is 5.92 Å². The molecule has 114 valence electrons. The Hall–Kier alpha value is -1.11. The maximum atomic E-state index is 11.9. The summed E-state index contributed by atoms with van der Waals surface area (Å²) in [7, 11) is -3.39. The van der Waals surface area contributed by atoms with E-state index in [4.69, 9.17) is 5.11 Å². The van der Waals surface area contributed by atoms with Crippen molar-refractivity contribution < 1.29 is 13.5 Å². The lowest BCUT2D eigenvalue weighted by Crippen LogP contribution is -2.24. The summed E-state index contributed by atoms with van der Waals surface area (Å²) < 4.78 is 26.3. The van der Waals surface area contributed by atoms with Crippen LogP contribution in [0.25, 0.3) is 0 Å². The minimum absolute atomic E-state index is 0.184. The highest BCUT2D eigenvalue weighted by Crippen LogP contribution is 2.14.